The van der Waals surface area contributed by atoms with Crippen molar-refractivity contribution in [3.05, 3.63) is 16.8 Å². The number of hydrogen-bond acceptors (Lipinski definition) is 6. The molecule has 3 heterocycles. The second-order valence-electron chi connectivity index (χ2n) is 6.57. The molecule has 122 valence electrons. The monoisotopic (exact) mass is 347 g/mol. The average molecular weight is 348 g/mol. The highest BCUT2D eigenvalue weighted by Gasteiger charge is 2.24. The summed E-state index contributed by atoms with van der Waals surface area (Å²) in [7, 11) is 4.19. The largest absolute Gasteiger partial charge is 0.309 e. The van der Waals surface area contributed by atoms with E-state index in [0.29, 0.717) is 0 Å². The highest BCUT2D eigenvalue weighted by molar-refractivity contribution is 7.99. The second kappa shape index (κ2) is 6.03. The van der Waals surface area contributed by atoms with E-state index in [0.717, 1.165) is 40.3 Å². The smallest absolute Gasteiger partial charge is 0.192 e. The summed E-state index contributed by atoms with van der Waals surface area (Å²) in [6, 6.07) is 0. The molecule has 1 aliphatic carbocycles. The summed E-state index contributed by atoms with van der Waals surface area (Å²) in [5.74, 6) is 1.75. The van der Waals surface area contributed by atoms with E-state index in [1.165, 1.54) is 28.7 Å². The fourth-order valence-electron chi connectivity index (χ4n) is 3.15. The van der Waals surface area contributed by atoms with E-state index in [-0.39, 0.29) is 0 Å². The number of hydrogen-bond donors (Lipinski definition) is 0. The Morgan fingerprint density at radius 3 is 3.13 bits per heavy atom. The van der Waals surface area contributed by atoms with Crippen LogP contribution in [0.2, 0.25) is 0 Å². The van der Waals surface area contributed by atoms with Gasteiger partial charge >= 0.3 is 0 Å². The summed E-state index contributed by atoms with van der Waals surface area (Å²) in [5.41, 5.74) is 2.45. The van der Waals surface area contributed by atoms with Gasteiger partial charge in [0.15, 0.2) is 10.8 Å². The zero-order valence-electron chi connectivity index (χ0n) is 13.7. The maximum atomic E-state index is 4.93. The molecule has 7 heteroatoms. The Morgan fingerprint density at radius 2 is 2.30 bits per heavy atom. The lowest BCUT2D eigenvalue weighted by molar-refractivity contribution is 0.437. The molecule has 0 bridgehead atoms. The third-order valence-corrected chi connectivity index (χ3v) is 6.50. The minimum Gasteiger partial charge on any atom is -0.309 e. The summed E-state index contributed by atoms with van der Waals surface area (Å²) >= 11 is 3.62. The minimum atomic E-state index is 0.748. The minimum absolute atomic E-state index is 0.748. The molecule has 0 aliphatic heterocycles. The third kappa shape index (κ3) is 2.75. The SMILES string of the molecule is C[C@@H]1CCc2sc3nc(SCCN(C)C)n4ncnc4c3c2C1. The zero-order valence-corrected chi connectivity index (χ0v) is 15.4. The Morgan fingerprint density at radius 1 is 1.43 bits per heavy atom. The normalized spacial score (nSPS) is 18.2. The molecule has 23 heavy (non-hydrogen) atoms. The van der Waals surface area contributed by atoms with Gasteiger partial charge in [-0.15, -0.1) is 11.3 Å². The molecule has 0 saturated carbocycles. The van der Waals surface area contributed by atoms with Crippen molar-refractivity contribution in [1.29, 1.82) is 0 Å². The number of thiophene rings is 1. The van der Waals surface area contributed by atoms with Crippen molar-refractivity contribution in [1.82, 2.24) is 24.5 Å². The Hall–Kier alpha value is -1.18. The Balaban J connectivity index is 1.81. The maximum absolute atomic E-state index is 4.93. The molecule has 0 N–H and O–H groups in total. The van der Waals surface area contributed by atoms with Crippen molar-refractivity contribution in [3.63, 3.8) is 0 Å². The lowest BCUT2D eigenvalue weighted by Crippen LogP contribution is -2.15. The van der Waals surface area contributed by atoms with Crippen molar-refractivity contribution >= 4 is 39.0 Å². The van der Waals surface area contributed by atoms with E-state index in [2.05, 4.69) is 36.0 Å². The highest BCUT2D eigenvalue weighted by atomic mass is 32.2. The van der Waals surface area contributed by atoms with Crippen LogP contribution in [0.1, 0.15) is 23.8 Å². The van der Waals surface area contributed by atoms with Gasteiger partial charge in [-0.1, -0.05) is 18.7 Å². The van der Waals surface area contributed by atoms with Gasteiger partial charge in [-0.05, 0) is 44.8 Å². The van der Waals surface area contributed by atoms with Gasteiger partial charge in [0.05, 0.1) is 5.39 Å². The molecule has 1 atom stereocenters. The number of thioether (sulfide) groups is 1. The van der Waals surface area contributed by atoms with Gasteiger partial charge in [0.1, 0.15) is 11.2 Å². The average Bonchev–Trinajstić information content (AvgIpc) is 3.10. The number of aryl methyl sites for hydroxylation is 1. The number of nitrogens with zero attached hydrogens (tertiary/aromatic N) is 5. The second-order valence-corrected chi connectivity index (χ2v) is 8.72. The van der Waals surface area contributed by atoms with E-state index in [1.807, 2.05) is 15.9 Å². The zero-order chi connectivity index (χ0) is 16.0. The molecule has 0 radical (unpaired) electrons. The van der Waals surface area contributed by atoms with Crippen molar-refractivity contribution in [3.8, 4) is 0 Å². The van der Waals surface area contributed by atoms with Gasteiger partial charge in [-0.3, -0.25) is 0 Å². The lowest BCUT2D eigenvalue weighted by atomic mass is 9.89. The van der Waals surface area contributed by atoms with E-state index >= 15 is 0 Å². The van der Waals surface area contributed by atoms with Gasteiger partial charge in [0.2, 0.25) is 0 Å². The fraction of sp³-hybridized carbons (Fsp3) is 0.562. The number of fused-ring (bicyclic) bond motifs is 5. The molecule has 0 saturated heterocycles. The predicted octanol–water partition coefficient (Wildman–Crippen LogP) is 3.12. The summed E-state index contributed by atoms with van der Waals surface area (Å²) in [6.07, 6.45) is 5.27. The molecule has 0 amide bonds. The van der Waals surface area contributed by atoms with Crippen LogP contribution in [0.3, 0.4) is 0 Å². The first-order chi connectivity index (χ1) is 11.1. The van der Waals surface area contributed by atoms with E-state index < -0.39 is 0 Å². The van der Waals surface area contributed by atoms with Crippen molar-refractivity contribution < 1.29 is 0 Å². The summed E-state index contributed by atoms with van der Waals surface area (Å²) in [6.45, 7) is 3.37. The van der Waals surface area contributed by atoms with Crippen LogP contribution in [0, 0.1) is 5.92 Å². The van der Waals surface area contributed by atoms with E-state index in [4.69, 9.17) is 4.98 Å². The Bertz CT molecular complexity index is 851. The first kappa shape index (κ1) is 15.4. The molecule has 0 aromatic carbocycles. The Kier molecular flexibility index (Phi) is 4.03. The van der Waals surface area contributed by atoms with Gasteiger partial charge in [0, 0.05) is 17.2 Å². The van der Waals surface area contributed by atoms with Crippen molar-refractivity contribution in [2.75, 3.05) is 26.4 Å². The molecule has 5 nitrogen and oxygen atoms in total. The molecular formula is C16H21N5S2. The van der Waals surface area contributed by atoms with E-state index in [1.54, 1.807) is 18.1 Å². The molecular weight excluding hydrogens is 326 g/mol. The van der Waals surface area contributed by atoms with Crippen LogP contribution >= 0.6 is 23.1 Å². The van der Waals surface area contributed by atoms with E-state index in [9.17, 15) is 0 Å². The standard InChI is InChI=1S/C16H21N5S2/c1-10-4-5-12-11(8-10)13-14-17-9-18-21(14)16(19-15(13)23-12)22-7-6-20(2)3/h9-10H,4-8H2,1-3H3/t10-/m1/s1. The first-order valence-electron chi connectivity index (χ1n) is 8.05. The van der Waals surface area contributed by atoms with Gasteiger partial charge in [0.25, 0.3) is 0 Å². The number of aromatic nitrogens is 4. The Labute approximate surface area is 144 Å². The quantitative estimate of drug-likeness (QED) is 0.536. The molecule has 3 aromatic heterocycles. The molecule has 0 unspecified atom stereocenters. The van der Waals surface area contributed by atoms with Gasteiger partial charge in [-0.25, -0.2) is 9.97 Å². The van der Waals surface area contributed by atoms with Crippen LogP contribution in [-0.2, 0) is 12.8 Å². The van der Waals surface area contributed by atoms with Crippen LogP contribution in [0.4, 0.5) is 0 Å². The van der Waals surface area contributed by atoms with Gasteiger partial charge < -0.3 is 4.90 Å². The molecule has 0 fully saturated rings. The summed E-state index contributed by atoms with van der Waals surface area (Å²) < 4.78 is 1.93. The topological polar surface area (TPSA) is 46.3 Å². The summed E-state index contributed by atoms with van der Waals surface area (Å²) in [5, 5.41) is 6.63. The molecule has 3 aromatic rings. The van der Waals surface area contributed by atoms with Crippen molar-refractivity contribution in [2.24, 2.45) is 5.92 Å². The molecule has 0 spiro atoms. The third-order valence-electron chi connectivity index (χ3n) is 4.41. The van der Waals surface area contributed by atoms with Crippen LogP contribution < -0.4 is 0 Å². The lowest BCUT2D eigenvalue weighted by Gasteiger charge is -2.17. The number of rotatable bonds is 4. The molecule has 1 aliphatic rings. The van der Waals surface area contributed by atoms with Crippen molar-refractivity contribution in [2.45, 2.75) is 31.3 Å². The highest BCUT2D eigenvalue weighted by Crippen LogP contribution is 2.39. The van der Waals surface area contributed by atoms with Crippen LogP contribution in [-0.4, -0.2) is 50.9 Å². The summed E-state index contributed by atoms with van der Waals surface area (Å²) in [4.78, 5) is 14.3. The first-order valence-corrected chi connectivity index (χ1v) is 9.85. The predicted molar refractivity (Wildman–Crippen MR) is 96.6 cm³/mol. The van der Waals surface area contributed by atoms with Crippen LogP contribution in [0.5, 0.6) is 0 Å². The molecule has 4 rings (SSSR count). The van der Waals surface area contributed by atoms with Crippen LogP contribution in [0.15, 0.2) is 11.5 Å². The fourth-order valence-corrected chi connectivity index (χ4v) is 5.47. The van der Waals surface area contributed by atoms with Gasteiger partial charge in [-0.2, -0.15) is 9.61 Å². The maximum Gasteiger partial charge on any atom is 0.192 e. The van der Waals surface area contributed by atoms with Crippen LogP contribution in [0.25, 0.3) is 15.9 Å².